The molecular weight excluding hydrogens is 275 g/mol. The number of rotatable bonds is 3. The van der Waals surface area contributed by atoms with E-state index in [2.05, 4.69) is 4.98 Å². The van der Waals surface area contributed by atoms with Crippen molar-refractivity contribution in [3.05, 3.63) is 38.8 Å². The van der Waals surface area contributed by atoms with Crippen LogP contribution in [0.2, 0.25) is 10.0 Å². The Morgan fingerprint density at radius 3 is 2.71 bits per heavy atom. The summed E-state index contributed by atoms with van der Waals surface area (Å²) < 4.78 is 0. The first-order valence-corrected chi connectivity index (χ1v) is 6.81. The van der Waals surface area contributed by atoms with Crippen molar-refractivity contribution in [3.63, 3.8) is 0 Å². The van der Waals surface area contributed by atoms with Crippen LogP contribution in [0.3, 0.4) is 0 Å². The fraction of sp³-hybridized carbons (Fsp3) is 0.250. The minimum Gasteiger partial charge on any atom is -0.330 e. The van der Waals surface area contributed by atoms with Gasteiger partial charge in [0, 0.05) is 10.4 Å². The van der Waals surface area contributed by atoms with Gasteiger partial charge in [-0.05, 0) is 32.0 Å². The largest absolute Gasteiger partial charge is 0.330 e. The topological polar surface area (TPSA) is 38.9 Å². The van der Waals surface area contributed by atoms with Gasteiger partial charge in [0.2, 0.25) is 0 Å². The van der Waals surface area contributed by atoms with Crippen LogP contribution in [0.1, 0.15) is 10.6 Å². The van der Waals surface area contributed by atoms with Crippen LogP contribution in [0.4, 0.5) is 0 Å². The molecule has 0 saturated carbocycles. The van der Waals surface area contributed by atoms with Crippen molar-refractivity contribution in [2.24, 2.45) is 5.73 Å². The Morgan fingerprint density at radius 1 is 1.29 bits per heavy atom. The van der Waals surface area contributed by atoms with Gasteiger partial charge >= 0.3 is 0 Å². The van der Waals surface area contributed by atoms with Crippen LogP contribution in [0.15, 0.2) is 18.2 Å². The molecule has 0 radical (unpaired) electrons. The minimum atomic E-state index is 0.553. The third kappa shape index (κ3) is 2.80. The van der Waals surface area contributed by atoms with Crippen LogP contribution in [0, 0.1) is 6.92 Å². The smallest absolute Gasteiger partial charge is 0.123 e. The predicted molar refractivity (Wildman–Crippen MR) is 75.1 cm³/mol. The zero-order valence-electron chi connectivity index (χ0n) is 9.34. The number of nitrogens with two attached hydrogens (primary N) is 1. The highest BCUT2D eigenvalue weighted by Gasteiger charge is 2.10. The molecule has 0 aliphatic carbocycles. The molecule has 0 spiro atoms. The van der Waals surface area contributed by atoms with Gasteiger partial charge in [-0.15, -0.1) is 11.3 Å². The summed E-state index contributed by atoms with van der Waals surface area (Å²) in [6.45, 7) is 2.65. The van der Waals surface area contributed by atoms with Crippen LogP contribution in [0.25, 0.3) is 10.6 Å². The van der Waals surface area contributed by atoms with E-state index < -0.39 is 0 Å². The maximum absolute atomic E-state index is 6.00. The fourth-order valence-electron chi connectivity index (χ4n) is 1.54. The van der Waals surface area contributed by atoms with Crippen molar-refractivity contribution in [1.82, 2.24) is 4.98 Å². The van der Waals surface area contributed by atoms with Gasteiger partial charge in [-0.1, -0.05) is 29.3 Å². The molecule has 1 aromatic heterocycles. The summed E-state index contributed by atoms with van der Waals surface area (Å²) in [5, 5.41) is 2.08. The molecule has 1 aromatic carbocycles. The Morgan fingerprint density at radius 2 is 2.06 bits per heavy atom. The van der Waals surface area contributed by atoms with Crippen molar-refractivity contribution >= 4 is 34.5 Å². The van der Waals surface area contributed by atoms with E-state index in [0.717, 1.165) is 22.7 Å². The number of thiazole rings is 1. The van der Waals surface area contributed by atoms with Crippen molar-refractivity contribution in [1.29, 1.82) is 0 Å². The zero-order chi connectivity index (χ0) is 12.4. The lowest BCUT2D eigenvalue weighted by Crippen LogP contribution is -2.01. The van der Waals surface area contributed by atoms with Gasteiger partial charge < -0.3 is 5.73 Å². The summed E-state index contributed by atoms with van der Waals surface area (Å²) in [4.78, 5) is 5.76. The molecule has 0 atom stereocenters. The van der Waals surface area contributed by atoms with E-state index in [1.54, 1.807) is 17.4 Å². The van der Waals surface area contributed by atoms with Crippen LogP contribution in [-0.4, -0.2) is 11.5 Å². The number of hydrogen-bond donors (Lipinski definition) is 1. The molecule has 0 amide bonds. The molecule has 5 heteroatoms. The molecule has 0 unspecified atom stereocenters. The molecule has 2 N–H and O–H groups in total. The Bertz CT molecular complexity index is 537. The third-order valence-corrected chi connectivity index (χ3v) is 4.44. The second-order valence-corrected chi connectivity index (χ2v) is 5.59. The second kappa shape index (κ2) is 5.36. The average molecular weight is 287 g/mol. The van der Waals surface area contributed by atoms with Crippen molar-refractivity contribution in [3.8, 4) is 10.6 Å². The van der Waals surface area contributed by atoms with Gasteiger partial charge in [0.05, 0.1) is 15.7 Å². The zero-order valence-corrected chi connectivity index (χ0v) is 11.7. The van der Waals surface area contributed by atoms with Gasteiger partial charge in [0.1, 0.15) is 5.01 Å². The second-order valence-electron chi connectivity index (χ2n) is 3.70. The number of nitrogens with zero attached hydrogens (tertiary/aromatic N) is 1. The lowest BCUT2D eigenvalue weighted by molar-refractivity contribution is 0.970. The summed E-state index contributed by atoms with van der Waals surface area (Å²) in [5.74, 6) is 0. The molecule has 2 aromatic rings. The quantitative estimate of drug-likeness (QED) is 0.929. The first-order valence-electron chi connectivity index (χ1n) is 5.23. The van der Waals surface area contributed by atoms with Gasteiger partial charge in [0.15, 0.2) is 0 Å². The number of aromatic nitrogens is 1. The molecule has 0 fully saturated rings. The predicted octanol–water partition coefficient (Wildman–Crippen LogP) is 3.93. The Balaban J connectivity index is 2.39. The van der Waals surface area contributed by atoms with Crippen LogP contribution in [0.5, 0.6) is 0 Å². The van der Waals surface area contributed by atoms with Gasteiger partial charge in [0.25, 0.3) is 0 Å². The summed E-state index contributed by atoms with van der Waals surface area (Å²) in [7, 11) is 0. The van der Waals surface area contributed by atoms with E-state index in [1.165, 1.54) is 4.88 Å². The van der Waals surface area contributed by atoms with Crippen molar-refractivity contribution in [2.75, 3.05) is 6.54 Å². The Hall–Kier alpha value is -0.610. The van der Waals surface area contributed by atoms with Gasteiger partial charge in [-0.2, -0.15) is 0 Å². The summed E-state index contributed by atoms with van der Waals surface area (Å²) in [5.41, 5.74) is 7.60. The molecule has 2 nitrogen and oxygen atoms in total. The number of halogens is 2. The van der Waals surface area contributed by atoms with Crippen molar-refractivity contribution < 1.29 is 0 Å². The fourth-order valence-corrected chi connectivity index (χ4v) is 2.92. The van der Waals surface area contributed by atoms with E-state index in [9.17, 15) is 0 Å². The average Bonchev–Trinajstić information content (AvgIpc) is 2.65. The van der Waals surface area contributed by atoms with Crippen LogP contribution in [-0.2, 0) is 6.42 Å². The van der Waals surface area contributed by atoms with Crippen LogP contribution < -0.4 is 5.73 Å². The highest BCUT2D eigenvalue weighted by atomic mass is 35.5. The molecule has 2 rings (SSSR count). The van der Waals surface area contributed by atoms with E-state index in [0.29, 0.717) is 16.6 Å². The normalized spacial score (nSPS) is 10.8. The maximum atomic E-state index is 6.00. The first kappa shape index (κ1) is 12.8. The SMILES string of the molecule is Cc1nc(-c2ccc(Cl)c(Cl)c2)sc1CCN. The third-order valence-electron chi connectivity index (χ3n) is 2.43. The standard InChI is InChI=1S/C12H12Cl2N2S/c1-7-11(4-5-15)17-12(16-7)8-2-3-9(13)10(14)6-8/h2-3,6H,4-5,15H2,1H3. The van der Waals surface area contributed by atoms with Crippen LogP contribution >= 0.6 is 34.5 Å². The monoisotopic (exact) mass is 286 g/mol. The van der Waals surface area contributed by atoms with Gasteiger partial charge in [-0.25, -0.2) is 4.98 Å². The molecular formula is C12H12Cl2N2S. The Kier molecular flexibility index (Phi) is 4.05. The molecule has 0 bridgehead atoms. The molecule has 0 aliphatic rings. The van der Waals surface area contributed by atoms with E-state index in [1.807, 2.05) is 19.1 Å². The maximum Gasteiger partial charge on any atom is 0.123 e. The summed E-state index contributed by atoms with van der Waals surface area (Å²) >= 11 is 13.5. The number of benzene rings is 1. The molecule has 1 heterocycles. The highest BCUT2D eigenvalue weighted by molar-refractivity contribution is 7.15. The molecule has 17 heavy (non-hydrogen) atoms. The highest BCUT2D eigenvalue weighted by Crippen LogP contribution is 2.32. The van der Waals surface area contributed by atoms with Crippen molar-refractivity contribution in [2.45, 2.75) is 13.3 Å². The summed E-state index contributed by atoms with van der Waals surface area (Å²) in [6.07, 6.45) is 0.866. The van der Waals surface area contributed by atoms with E-state index >= 15 is 0 Å². The lowest BCUT2D eigenvalue weighted by Gasteiger charge is -1.98. The lowest BCUT2D eigenvalue weighted by atomic mass is 10.2. The molecule has 0 saturated heterocycles. The number of aryl methyl sites for hydroxylation is 1. The first-order chi connectivity index (χ1) is 8.11. The van der Waals surface area contributed by atoms with E-state index in [4.69, 9.17) is 28.9 Å². The van der Waals surface area contributed by atoms with Gasteiger partial charge in [-0.3, -0.25) is 0 Å². The number of hydrogen-bond acceptors (Lipinski definition) is 3. The van der Waals surface area contributed by atoms with E-state index in [-0.39, 0.29) is 0 Å². The molecule has 0 aliphatic heterocycles. The molecule has 90 valence electrons. The minimum absolute atomic E-state index is 0.553. The Labute approximate surface area is 114 Å². The summed E-state index contributed by atoms with van der Waals surface area (Å²) in [6, 6.07) is 5.56.